The van der Waals surface area contributed by atoms with Gasteiger partial charge in [0.1, 0.15) is 0 Å². The van der Waals surface area contributed by atoms with Gasteiger partial charge < -0.3 is 14.9 Å². The monoisotopic (exact) mass is 558 g/mol. The van der Waals surface area contributed by atoms with E-state index in [0.717, 1.165) is 29.4 Å². The largest absolute Gasteiger partial charge is 0.386 e. The summed E-state index contributed by atoms with van der Waals surface area (Å²) in [5.74, 6) is -0.266. The van der Waals surface area contributed by atoms with Crippen LogP contribution in [-0.2, 0) is 5.60 Å². The third-order valence-corrected chi connectivity index (χ3v) is 8.03. The summed E-state index contributed by atoms with van der Waals surface area (Å²) in [7, 11) is 0. The van der Waals surface area contributed by atoms with Gasteiger partial charge in [0.2, 0.25) is 0 Å². The summed E-state index contributed by atoms with van der Waals surface area (Å²) in [5.41, 5.74) is 2.90. The molecule has 1 aliphatic carbocycles. The first kappa shape index (κ1) is 26.4. The van der Waals surface area contributed by atoms with E-state index in [1.54, 1.807) is 46.7 Å². The van der Waals surface area contributed by atoms with Gasteiger partial charge in [-0.2, -0.15) is 0 Å². The Bertz CT molecular complexity index is 1610. The van der Waals surface area contributed by atoms with Gasteiger partial charge in [-0.25, -0.2) is 9.67 Å². The molecule has 2 fully saturated rings. The summed E-state index contributed by atoms with van der Waals surface area (Å²) in [4.78, 5) is 34.9. The van der Waals surface area contributed by atoms with Gasteiger partial charge in [0, 0.05) is 42.2 Å². The second-order valence-corrected chi connectivity index (χ2v) is 11.7. The van der Waals surface area contributed by atoms with E-state index in [4.69, 9.17) is 16.6 Å². The number of piperazine rings is 1. The molecule has 6 rings (SSSR count). The summed E-state index contributed by atoms with van der Waals surface area (Å²) >= 11 is 6.61. The topological polar surface area (TPSA) is 104 Å². The fraction of sp³-hybridized carbons (Fsp3) is 0.367. The summed E-state index contributed by atoms with van der Waals surface area (Å²) in [6.45, 7) is 6.69. The number of rotatable bonds is 5. The summed E-state index contributed by atoms with van der Waals surface area (Å²) in [6, 6.07) is 14.9. The number of aromatic nitrogens is 4. The van der Waals surface area contributed by atoms with E-state index in [9.17, 15) is 14.7 Å². The maximum Gasteiger partial charge on any atom is 0.276 e. The molecule has 9 nitrogen and oxygen atoms in total. The molecule has 10 heteroatoms. The molecule has 206 valence electrons. The van der Waals surface area contributed by atoms with Crippen molar-refractivity contribution in [2.45, 2.75) is 51.3 Å². The van der Waals surface area contributed by atoms with E-state index >= 15 is 0 Å². The van der Waals surface area contributed by atoms with E-state index in [1.165, 1.54) is 0 Å². The highest BCUT2D eigenvalue weighted by Gasteiger charge is 2.33. The van der Waals surface area contributed by atoms with Crippen molar-refractivity contribution < 1.29 is 14.7 Å². The zero-order chi connectivity index (χ0) is 28.2. The first-order valence-electron chi connectivity index (χ1n) is 13.5. The zero-order valence-electron chi connectivity index (χ0n) is 22.7. The molecule has 1 unspecified atom stereocenters. The summed E-state index contributed by atoms with van der Waals surface area (Å²) in [5, 5.41) is 19.7. The van der Waals surface area contributed by atoms with Gasteiger partial charge in [0.25, 0.3) is 11.8 Å². The van der Waals surface area contributed by atoms with Crippen molar-refractivity contribution in [3.05, 3.63) is 76.6 Å². The van der Waals surface area contributed by atoms with Crippen molar-refractivity contribution in [1.29, 1.82) is 0 Å². The first-order chi connectivity index (χ1) is 19.1. The lowest BCUT2D eigenvalue weighted by Crippen LogP contribution is -2.55. The van der Waals surface area contributed by atoms with Crippen LogP contribution in [0.5, 0.6) is 0 Å². The Morgan fingerprint density at radius 3 is 2.45 bits per heavy atom. The lowest BCUT2D eigenvalue weighted by atomic mass is 9.96. The van der Waals surface area contributed by atoms with Crippen LogP contribution in [0, 0.1) is 0 Å². The lowest BCUT2D eigenvalue weighted by Gasteiger charge is -2.39. The third-order valence-electron chi connectivity index (χ3n) is 7.72. The Hall–Kier alpha value is -3.82. The minimum atomic E-state index is -0.936. The molecule has 2 aliphatic rings. The van der Waals surface area contributed by atoms with Gasteiger partial charge in [-0.1, -0.05) is 47.1 Å². The number of carbonyl (C=O) groups excluding carboxylic acids is 2. The van der Waals surface area contributed by atoms with Crippen LogP contribution in [0.4, 0.5) is 0 Å². The molecule has 40 heavy (non-hydrogen) atoms. The van der Waals surface area contributed by atoms with Crippen molar-refractivity contribution in [3.63, 3.8) is 0 Å². The first-order valence-corrected chi connectivity index (χ1v) is 13.9. The second-order valence-electron chi connectivity index (χ2n) is 11.3. The number of benzene rings is 2. The van der Waals surface area contributed by atoms with Gasteiger partial charge in [-0.15, -0.1) is 5.10 Å². The van der Waals surface area contributed by atoms with Crippen LogP contribution in [0.2, 0.25) is 5.02 Å². The molecule has 2 amide bonds. The van der Waals surface area contributed by atoms with Gasteiger partial charge >= 0.3 is 0 Å². The molecule has 0 spiro atoms. The number of halogens is 1. The average Bonchev–Trinajstić information content (AvgIpc) is 3.67. The molecule has 1 aliphatic heterocycles. The van der Waals surface area contributed by atoms with Gasteiger partial charge in [-0.3, -0.25) is 9.59 Å². The second kappa shape index (κ2) is 9.98. The molecular weight excluding hydrogens is 528 g/mol. The number of amides is 2. The van der Waals surface area contributed by atoms with Crippen molar-refractivity contribution in [2.75, 3.05) is 19.6 Å². The Labute approximate surface area is 237 Å². The third kappa shape index (κ3) is 5.07. The molecule has 0 bridgehead atoms. The minimum absolute atomic E-state index is 0.113. The predicted octanol–water partition coefficient (Wildman–Crippen LogP) is 4.70. The lowest BCUT2D eigenvalue weighted by molar-refractivity contribution is 0.0411. The van der Waals surface area contributed by atoms with Crippen LogP contribution in [0.1, 0.15) is 66.1 Å². The quantitative estimate of drug-likeness (QED) is 0.381. The SMILES string of the molecule is CC1CN(C(=O)c2ccc3c(Cl)cc(-c4ccc(C(C)(C)O)cc4)nc3c2)CCN1C(=O)c1cn(C2CC2)nn1. The molecule has 1 saturated heterocycles. The Kier molecular flexibility index (Phi) is 6.59. The van der Waals surface area contributed by atoms with Crippen LogP contribution in [0.15, 0.2) is 54.7 Å². The number of aliphatic hydroxyl groups is 1. The highest BCUT2D eigenvalue weighted by molar-refractivity contribution is 6.35. The molecule has 1 N–H and O–H groups in total. The summed E-state index contributed by atoms with van der Waals surface area (Å²) < 4.78 is 1.77. The molecule has 1 atom stereocenters. The number of hydrogen-bond donors (Lipinski definition) is 1. The minimum Gasteiger partial charge on any atom is -0.386 e. The summed E-state index contributed by atoms with van der Waals surface area (Å²) in [6.07, 6.45) is 3.87. The van der Waals surface area contributed by atoms with Gasteiger partial charge in [-0.05, 0) is 57.4 Å². The Balaban J connectivity index is 1.19. The average molecular weight is 559 g/mol. The molecule has 0 radical (unpaired) electrons. The molecule has 1 saturated carbocycles. The normalized spacial score (nSPS) is 17.9. The highest BCUT2D eigenvalue weighted by Crippen LogP contribution is 2.34. The van der Waals surface area contributed by atoms with Crippen LogP contribution in [-0.4, -0.2) is 72.4 Å². The smallest absolute Gasteiger partial charge is 0.276 e. The molecule has 2 aromatic heterocycles. The number of nitrogens with zero attached hydrogens (tertiary/aromatic N) is 6. The van der Waals surface area contributed by atoms with Crippen molar-refractivity contribution in [3.8, 4) is 11.3 Å². The zero-order valence-corrected chi connectivity index (χ0v) is 23.5. The number of carbonyl (C=O) groups is 2. The van der Waals surface area contributed by atoms with Crippen molar-refractivity contribution >= 4 is 34.3 Å². The van der Waals surface area contributed by atoms with Crippen LogP contribution < -0.4 is 0 Å². The Morgan fingerprint density at radius 2 is 1.77 bits per heavy atom. The molecule has 2 aromatic carbocycles. The molecule has 4 aromatic rings. The van der Waals surface area contributed by atoms with E-state index < -0.39 is 5.60 Å². The predicted molar refractivity (Wildman–Crippen MR) is 152 cm³/mol. The molecular formula is C30H31ClN6O3. The highest BCUT2D eigenvalue weighted by atomic mass is 35.5. The fourth-order valence-electron chi connectivity index (χ4n) is 5.18. The van der Waals surface area contributed by atoms with E-state index in [1.807, 2.05) is 43.3 Å². The van der Waals surface area contributed by atoms with Crippen molar-refractivity contribution in [1.82, 2.24) is 29.8 Å². The van der Waals surface area contributed by atoms with E-state index in [0.29, 0.717) is 53.2 Å². The maximum atomic E-state index is 13.5. The van der Waals surface area contributed by atoms with Crippen molar-refractivity contribution in [2.24, 2.45) is 0 Å². The fourth-order valence-corrected chi connectivity index (χ4v) is 5.44. The van der Waals surface area contributed by atoms with Gasteiger partial charge in [0.15, 0.2) is 5.69 Å². The van der Waals surface area contributed by atoms with Gasteiger partial charge in [0.05, 0.1) is 34.1 Å². The number of hydrogen-bond acceptors (Lipinski definition) is 6. The Morgan fingerprint density at radius 1 is 1.02 bits per heavy atom. The standard InChI is InChI=1S/C30H31ClN6O3/c1-18-16-35(12-13-36(18)29(39)27-17-37(34-33-27)22-9-10-22)28(38)20-6-11-23-24(31)15-25(32-26(23)14-20)19-4-7-21(8-5-19)30(2,3)40/h4-8,11,14-15,17-18,22,40H,9-10,12-13,16H2,1-3H3. The van der Waals surface area contributed by atoms with Crippen LogP contribution in [0.3, 0.4) is 0 Å². The number of fused-ring (bicyclic) bond motifs is 1. The van der Waals surface area contributed by atoms with E-state index in [2.05, 4.69) is 10.3 Å². The van der Waals surface area contributed by atoms with Crippen LogP contribution in [0.25, 0.3) is 22.2 Å². The maximum absolute atomic E-state index is 13.5. The number of pyridine rings is 1. The van der Waals surface area contributed by atoms with Crippen LogP contribution >= 0.6 is 11.6 Å². The molecule has 3 heterocycles. The van der Waals surface area contributed by atoms with E-state index in [-0.39, 0.29) is 17.9 Å².